The lowest BCUT2D eigenvalue weighted by Gasteiger charge is -2.33. The maximum absolute atomic E-state index is 13.9. The first-order valence-electron chi connectivity index (χ1n) is 7.26. The SMILES string of the molecule is CC(=O)N1CC(C(=O)Nc2cccc(Cl)c2F)Oc2ccccc21. The monoisotopic (exact) mass is 348 g/mol. The van der Waals surface area contributed by atoms with Crippen molar-refractivity contribution in [3.63, 3.8) is 0 Å². The summed E-state index contributed by atoms with van der Waals surface area (Å²) in [6.07, 6.45) is -0.956. The number of para-hydroxylation sites is 2. The molecular formula is C17H14ClFN2O3. The normalized spacial score (nSPS) is 16.1. The van der Waals surface area contributed by atoms with Crippen LogP contribution in [0.15, 0.2) is 42.5 Å². The minimum atomic E-state index is -0.956. The fourth-order valence-corrected chi connectivity index (χ4v) is 2.66. The lowest BCUT2D eigenvalue weighted by Crippen LogP contribution is -2.48. The van der Waals surface area contributed by atoms with Crippen LogP contribution in [0.2, 0.25) is 5.02 Å². The van der Waals surface area contributed by atoms with E-state index in [4.69, 9.17) is 16.3 Å². The third-order valence-electron chi connectivity index (χ3n) is 3.66. The highest BCUT2D eigenvalue weighted by Gasteiger charge is 2.32. The summed E-state index contributed by atoms with van der Waals surface area (Å²) < 4.78 is 19.6. The first-order chi connectivity index (χ1) is 11.5. The van der Waals surface area contributed by atoms with Crippen molar-refractivity contribution in [1.82, 2.24) is 0 Å². The van der Waals surface area contributed by atoms with Crippen molar-refractivity contribution in [3.8, 4) is 5.75 Å². The highest BCUT2D eigenvalue weighted by molar-refractivity contribution is 6.31. The lowest BCUT2D eigenvalue weighted by molar-refractivity contribution is -0.123. The van der Waals surface area contributed by atoms with Crippen molar-refractivity contribution in [3.05, 3.63) is 53.3 Å². The second kappa shape index (κ2) is 6.49. The topological polar surface area (TPSA) is 58.6 Å². The van der Waals surface area contributed by atoms with Crippen LogP contribution < -0.4 is 15.0 Å². The molecule has 0 aromatic heterocycles. The molecule has 24 heavy (non-hydrogen) atoms. The molecule has 1 atom stereocenters. The van der Waals surface area contributed by atoms with Gasteiger partial charge >= 0.3 is 0 Å². The minimum absolute atomic E-state index is 0.0377. The number of benzene rings is 2. The molecule has 0 aliphatic carbocycles. The molecule has 0 fully saturated rings. The average Bonchev–Trinajstić information content (AvgIpc) is 2.57. The molecule has 2 aromatic carbocycles. The van der Waals surface area contributed by atoms with Gasteiger partial charge in [0, 0.05) is 6.92 Å². The number of fused-ring (bicyclic) bond motifs is 1. The Morgan fingerprint density at radius 1 is 1.25 bits per heavy atom. The number of halogens is 2. The Morgan fingerprint density at radius 3 is 2.75 bits per heavy atom. The van der Waals surface area contributed by atoms with E-state index >= 15 is 0 Å². The Morgan fingerprint density at radius 2 is 2.00 bits per heavy atom. The fourth-order valence-electron chi connectivity index (χ4n) is 2.48. The zero-order valence-corrected chi connectivity index (χ0v) is 13.5. The molecule has 0 spiro atoms. The Bertz CT molecular complexity index is 812. The van der Waals surface area contributed by atoms with E-state index in [-0.39, 0.29) is 23.2 Å². The van der Waals surface area contributed by atoms with Gasteiger partial charge in [0.05, 0.1) is 22.9 Å². The van der Waals surface area contributed by atoms with Gasteiger partial charge in [-0.05, 0) is 24.3 Å². The number of nitrogens with zero attached hydrogens (tertiary/aromatic N) is 1. The molecular weight excluding hydrogens is 335 g/mol. The molecule has 2 amide bonds. The minimum Gasteiger partial charge on any atom is -0.476 e. The summed E-state index contributed by atoms with van der Waals surface area (Å²) in [6, 6.07) is 11.2. The number of rotatable bonds is 2. The summed E-state index contributed by atoms with van der Waals surface area (Å²) >= 11 is 5.70. The van der Waals surface area contributed by atoms with Crippen molar-refractivity contribution in [2.45, 2.75) is 13.0 Å². The van der Waals surface area contributed by atoms with Crippen LogP contribution in [0.3, 0.4) is 0 Å². The molecule has 0 bridgehead atoms. The molecule has 1 unspecified atom stereocenters. The summed E-state index contributed by atoms with van der Waals surface area (Å²) in [5, 5.41) is 2.36. The van der Waals surface area contributed by atoms with E-state index in [1.54, 1.807) is 24.3 Å². The summed E-state index contributed by atoms with van der Waals surface area (Å²) in [4.78, 5) is 25.7. The molecule has 1 N–H and O–H groups in total. The van der Waals surface area contributed by atoms with E-state index in [1.807, 2.05) is 0 Å². The van der Waals surface area contributed by atoms with E-state index in [0.29, 0.717) is 11.4 Å². The Labute approximate surface area is 143 Å². The second-order valence-corrected chi connectivity index (χ2v) is 5.70. The Balaban J connectivity index is 1.84. The summed E-state index contributed by atoms with van der Waals surface area (Å²) in [7, 11) is 0. The molecule has 0 saturated carbocycles. The molecule has 7 heteroatoms. The Hall–Kier alpha value is -2.60. The first kappa shape index (κ1) is 16.3. The maximum Gasteiger partial charge on any atom is 0.267 e. The first-order valence-corrected chi connectivity index (χ1v) is 7.64. The van der Waals surface area contributed by atoms with E-state index in [0.717, 1.165) is 0 Å². The zero-order valence-electron chi connectivity index (χ0n) is 12.8. The Kier molecular flexibility index (Phi) is 4.40. The molecule has 124 valence electrons. The number of carbonyl (C=O) groups is 2. The van der Waals surface area contributed by atoms with E-state index in [9.17, 15) is 14.0 Å². The van der Waals surface area contributed by atoms with Crippen LogP contribution in [0, 0.1) is 5.82 Å². The highest BCUT2D eigenvalue weighted by Crippen LogP contribution is 2.33. The quantitative estimate of drug-likeness (QED) is 0.906. The predicted octanol–water partition coefficient (Wildman–Crippen LogP) is 3.23. The number of anilines is 2. The van der Waals surface area contributed by atoms with Gasteiger partial charge in [0.1, 0.15) is 5.75 Å². The van der Waals surface area contributed by atoms with Crippen molar-refractivity contribution in [2.24, 2.45) is 0 Å². The van der Waals surface area contributed by atoms with Gasteiger partial charge in [0.15, 0.2) is 11.9 Å². The van der Waals surface area contributed by atoms with Gasteiger partial charge in [-0.3, -0.25) is 9.59 Å². The van der Waals surface area contributed by atoms with Crippen LogP contribution in [0.5, 0.6) is 5.75 Å². The highest BCUT2D eigenvalue weighted by atomic mass is 35.5. The van der Waals surface area contributed by atoms with E-state index in [1.165, 1.54) is 30.0 Å². The third-order valence-corrected chi connectivity index (χ3v) is 3.95. The molecule has 1 aliphatic heterocycles. The lowest BCUT2D eigenvalue weighted by atomic mass is 10.1. The molecule has 0 radical (unpaired) electrons. The molecule has 1 heterocycles. The maximum atomic E-state index is 13.9. The van der Waals surface area contributed by atoms with Crippen LogP contribution in [-0.4, -0.2) is 24.5 Å². The molecule has 5 nitrogen and oxygen atoms in total. The van der Waals surface area contributed by atoms with Crippen molar-refractivity contribution < 1.29 is 18.7 Å². The smallest absolute Gasteiger partial charge is 0.267 e. The second-order valence-electron chi connectivity index (χ2n) is 5.29. The summed E-state index contributed by atoms with van der Waals surface area (Å²) in [5.74, 6) is -1.06. The fraction of sp³-hybridized carbons (Fsp3) is 0.176. The van der Waals surface area contributed by atoms with Crippen LogP contribution in [0.4, 0.5) is 15.8 Å². The van der Waals surface area contributed by atoms with Gasteiger partial charge in [-0.2, -0.15) is 0 Å². The largest absolute Gasteiger partial charge is 0.476 e. The number of nitrogens with one attached hydrogen (secondary N) is 1. The van der Waals surface area contributed by atoms with Gasteiger partial charge in [0.25, 0.3) is 5.91 Å². The molecule has 0 saturated heterocycles. The standard InChI is InChI=1S/C17H14ClFN2O3/c1-10(22)21-9-15(24-14-8-3-2-7-13(14)21)17(23)20-12-6-4-5-11(18)16(12)19/h2-8,15H,9H2,1H3,(H,20,23). The predicted molar refractivity (Wildman–Crippen MR) is 88.9 cm³/mol. The van der Waals surface area contributed by atoms with Gasteiger partial charge < -0.3 is 15.0 Å². The molecule has 1 aliphatic rings. The number of amides is 2. The third kappa shape index (κ3) is 3.05. The van der Waals surface area contributed by atoms with Crippen LogP contribution >= 0.6 is 11.6 Å². The summed E-state index contributed by atoms with van der Waals surface area (Å²) in [6.45, 7) is 1.45. The average molecular weight is 349 g/mol. The number of ether oxygens (including phenoxy) is 1. The van der Waals surface area contributed by atoms with E-state index < -0.39 is 17.8 Å². The van der Waals surface area contributed by atoms with Crippen molar-refractivity contribution >= 4 is 34.8 Å². The van der Waals surface area contributed by atoms with Crippen LogP contribution in [0.1, 0.15) is 6.92 Å². The number of hydrogen-bond acceptors (Lipinski definition) is 3. The van der Waals surface area contributed by atoms with E-state index in [2.05, 4.69) is 5.32 Å². The zero-order chi connectivity index (χ0) is 17.3. The number of hydrogen-bond donors (Lipinski definition) is 1. The number of carbonyl (C=O) groups excluding carboxylic acids is 2. The molecule has 2 aromatic rings. The van der Waals surface area contributed by atoms with Crippen molar-refractivity contribution in [2.75, 3.05) is 16.8 Å². The molecule has 3 rings (SSSR count). The van der Waals surface area contributed by atoms with Gasteiger partial charge in [-0.1, -0.05) is 29.8 Å². The van der Waals surface area contributed by atoms with Crippen LogP contribution in [-0.2, 0) is 9.59 Å². The van der Waals surface area contributed by atoms with Crippen molar-refractivity contribution in [1.29, 1.82) is 0 Å². The summed E-state index contributed by atoms with van der Waals surface area (Å²) in [5.41, 5.74) is 0.562. The van der Waals surface area contributed by atoms with Crippen LogP contribution in [0.25, 0.3) is 0 Å². The van der Waals surface area contributed by atoms with Gasteiger partial charge in [0.2, 0.25) is 5.91 Å². The van der Waals surface area contributed by atoms with Gasteiger partial charge in [-0.25, -0.2) is 4.39 Å². The van der Waals surface area contributed by atoms with Gasteiger partial charge in [-0.15, -0.1) is 0 Å².